The molecule has 0 bridgehead atoms. The van der Waals surface area contributed by atoms with Gasteiger partial charge in [0.25, 0.3) is 0 Å². The van der Waals surface area contributed by atoms with Crippen molar-refractivity contribution in [3.05, 3.63) is 30.1 Å². The van der Waals surface area contributed by atoms with Crippen LogP contribution in [-0.2, 0) is 25.5 Å². The van der Waals surface area contributed by atoms with Crippen molar-refractivity contribution < 1.29 is 19.1 Å². The van der Waals surface area contributed by atoms with E-state index in [9.17, 15) is 9.59 Å². The first-order valence-corrected chi connectivity index (χ1v) is 6.86. The van der Waals surface area contributed by atoms with E-state index in [-0.39, 0.29) is 25.4 Å². The first-order valence-electron chi connectivity index (χ1n) is 6.86. The number of hydrogen-bond donors (Lipinski definition) is 0. The van der Waals surface area contributed by atoms with Crippen LogP contribution in [0.5, 0.6) is 0 Å². The van der Waals surface area contributed by atoms with Crippen molar-refractivity contribution in [3.8, 4) is 0 Å². The normalized spacial score (nSPS) is 22.6. The molecule has 1 aliphatic rings. The van der Waals surface area contributed by atoms with E-state index in [4.69, 9.17) is 9.47 Å². The zero-order chi connectivity index (χ0) is 14.4. The van der Waals surface area contributed by atoms with Gasteiger partial charge in [-0.15, -0.1) is 0 Å². The molecule has 0 amide bonds. The van der Waals surface area contributed by atoms with Crippen LogP contribution in [0.4, 0.5) is 0 Å². The van der Waals surface area contributed by atoms with E-state index in [0.717, 1.165) is 5.56 Å². The Morgan fingerprint density at radius 1 is 1.45 bits per heavy atom. The number of ketones is 1. The van der Waals surface area contributed by atoms with E-state index in [1.165, 1.54) is 0 Å². The third-order valence-electron chi connectivity index (χ3n) is 3.61. The average Bonchev–Trinajstić information content (AvgIpc) is 2.48. The maximum absolute atomic E-state index is 12.3. The smallest absolute Gasteiger partial charge is 0.322 e. The van der Waals surface area contributed by atoms with E-state index in [1.807, 2.05) is 12.1 Å². The average molecular weight is 277 g/mol. The summed E-state index contributed by atoms with van der Waals surface area (Å²) in [6, 6.07) is 3.76. The zero-order valence-electron chi connectivity index (χ0n) is 11.6. The highest BCUT2D eigenvalue weighted by atomic mass is 16.5. The van der Waals surface area contributed by atoms with Gasteiger partial charge >= 0.3 is 5.97 Å². The van der Waals surface area contributed by atoms with Gasteiger partial charge in [0.05, 0.1) is 19.8 Å². The Balaban J connectivity index is 2.14. The third-order valence-corrected chi connectivity index (χ3v) is 3.61. The van der Waals surface area contributed by atoms with Gasteiger partial charge < -0.3 is 9.47 Å². The topological polar surface area (TPSA) is 65.5 Å². The molecule has 20 heavy (non-hydrogen) atoms. The predicted molar refractivity (Wildman–Crippen MR) is 72.1 cm³/mol. The second-order valence-corrected chi connectivity index (χ2v) is 4.88. The number of ether oxygens (including phenoxy) is 2. The largest absolute Gasteiger partial charge is 0.465 e. The lowest BCUT2D eigenvalue weighted by Gasteiger charge is -2.33. The molecule has 1 unspecified atom stereocenters. The van der Waals surface area contributed by atoms with Crippen molar-refractivity contribution in [2.24, 2.45) is 5.41 Å². The number of carbonyl (C=O) groups excluding carboxylic acids is 2. The number of aromatic nitrogens is 1. The summed E-state index contributed by atoms with van der Waals surface area (Å²) in [5, 5.41) is 0. The number of carbonyl (C=O) groups is 2. The number of hydrogen-bond acceptors (Lipinski definition) is 5. The second-order valence-electron chi connectivity index (χ2n) is 4.88. The number of Topliss-reactive ketones (excluding diaryl/α,β-unsaturated/α-hetero) is 1. The molecule has 5 heteroatoms. The molecule has 0 aliphatic carbocycles. The van der Waals surface area contributed by atoms with Crippen LogP contribution in [0, 0.1) is 5.41 Å². The summed E-state index contributed by atoms with van der Waals surface area (Å²) in [6.07, 6.45) is 4.71. The monoisotopic (exact) mass is 277 g/mol. The minimum absolute atomic E-state index is 0.0729. The molecule has 2 rings (SSSR count). The van der Waals surface area contributed by atoms with Crippen molar-refractivity contribution in [3.63, 3.8) is 0 Å². The van der Waals surface area contributed by atoms with Gasteiger partial charge in [0.15, 0.2) is 5.78 Å². The molecule has 1 aliphatic heterocycles. The highest BCUT2D eigenvalue weighted by molar-refractivity contribution is 6.04. The van der Waals surface area contributed by atoms with E-state index >= 15 is 0 Å². The zero-order valence-corrected chi connectivity index (χ0v) is 11.6. The van der Waals surface area contributed by atoms with Crippen LogP contribution in [0.15, 0.2) is 24.5 Å². The summed E-state index contributed by atoms with van der Waals surface area (Å²) in [4.78, 5) is 28.4. The Hall–Kier alpha value is -1.75. The van der Waals surface area contributed by atoms with E-state index in [2.05, 4.69) is 4.98 Å². The highest BCUT2D eigenvalue weighted by Gasteiger charge is 2.48. The SMILES string of the molecule is CCOC(=O)C1(CCc2ccncc2)COCCC1=O. The van der Waals surface area contributed by atoms with Crippen LogP contribution < -0.4 is 0 Å². The number of pyridine rings is 1. The first-order chi connectivity index (χ1) is 9.69. The van der Waals surface area contributed by atoms with E-state index in [1.54, 1.807) is 19.3 Å². The predicted octanol–water partition coefficient (Wildman–Crippen LogP) is 1.55. The summed E-state index contributed by atoms with van der Waals surface area (Å²) < 4.78 is 10.5. The van der Waals surface area contributed by atoms with E-state index < -0.39 is 11.4 Å². The molecule has 0 radical (unpaired) electrons. The van der Waals surface area contributed by atoms with Crippen LogP contribution in [0.2, 0.25) is 0 Å². The van der Waals surface area contributed by atoms with Crippen LogP contribution in [0.1, 0.15) is 25.3 Å². The molecule has 5 nitrogen and oxygen atoms in total. The molecule has 0 N–H and O–H groups in total. The Labute approximate surface area is 118 Å². The van der Waals surface area contributed by atoms with E-state index in [0.29, 0.717) is 19.4 Å². The minimum Gasteiger partial charge on any atom is -0.465 e. The number of rotatable bonds is 5. The fourth-order valence-electron chi connectivity index (χ4n) is 2.39. The Morgan fingerprint density at radius 3 is 2.85 bits per heavy atom. The first kappa shape index (κ1) is 14.7. The standard InChI is InChI=1S/C15H19NO4/c1-2-20-14(18)15(11-19-10-6-13(15)17)7-3-12-4-8-16-9-5-12/h4-5,8-9H,2-3,6-7,10-11H2,1H3. The summed E-state index contributed by atoms with van der Waals surface area (Å²) in [5.41, 5.74) is -0.0978. The van der Waals surface area contributed by atoms with Gasteiger partial charge in [-0.25, -0.2) is 0 Å². The summed E-state index contributed by atoms with van der Waals surface area (Å²) in [6.45, 7) is 2.51. The lowest BCUT2D eigenvalue weighted by molar-refractivity contribution is -0.169. The van der Waals surface area contributed by atoms with Gasteiger partial charge in [-0.2, -0.15) is 0 Å². The molecule has 1 fully saturated rings. The molecule has 0 aromatic carbocycles. The molecule has 1 aromatic heterocycles. The molecule has 0 spiro atoms. The molecule has 1 saturated heterocycles. The maximum atomic E-state index is 12.3. The fourth-order valence-corrected chi connectivity index (χ4v) is 2.39. The van der Waals surface area contributed by atoms with Crippen LogP contribution in [0.25, 0.3) is 0 Å². The van der Waals surface area contributed by atoms with Gasteiger partial charge in [0.2, 0.25) is 0 Å². The van der Waals surface area contributed by atoms with Crippen molar-refractivity contribution in [2.45, 2.75) is 26.2 Å². The number of nitrogens with zero attached hydrogens (tertiary/aromatic N) is 1. The van der Waals surface area contributed by atoms with Crippen LogP contribution in [-0.4, -0.2) is 36.6 Å². The van der Waals surface area contributed by atoms with Crippen molar-refractivity contribution in [2.75, 3.05) is 19.8 Å². The van der Waals surface area contributed by atoms with Crippen molar-refractivity contribution in [1.29, 1.82) is 0 Å². The minimum atomic E-state index is -1.14. The summed E-state index contributed by atoms with van der Waals surface area (Å²) in [7, 11) is 0. The fraction of sp³-hybridized carbons (Fsp3) is 0.533. The molecular formula is C15H19NO4. The summed E-state index contributed by atoms with van der Waals surface area (Å²) in [5.74, 6) is -0.532. The van der Waals surface area contributed by atoms with Gasteiger partial charge in [-0.3, -0.25) is 14.6 Å². The molecular weight excluding hydrogens is 258 g/mol. The Morgan fingerprint density at radius 2 is 2.20 bits per heavy atom. The van der Waals surface area contributed by atoms with Gasteiger partial charge in [0, 0.05) is 18.8 Å². The Kier molecular flexibility index (Phi) is 4.84. The van der Waals surface area contributed by atoms with Crippen LogP contribution >= 0.6 is 0 Å². The third kappa shape index (κ3) is 3.04. The molecule has 2 heterocycles. The highest BCUT2D eigenvalue weighted by Crippen LogP contribution is 2.32. The lowest BCUT2D eigenvalue weighted by Crippen LogP contribution is -2.48. The molecule has 1 aromatic rings. The van der Waals surface area contributed by atoms with Crippen molar-refractivity contribution in [1.82, 2.24) is 4.98 Å². The number of aryl methyl sites for hydroxylation is 1. The molecule has 0 saturated carbocycles. The van der Waals surface area contributed by atoms with Gasteiger partial charge in [-0.05, 0) is 37.5 Å². The number of esters is 1. The summed E-state index contributed by atoms with van der Waals surface area (Å²) >= 11 is 0. The van der Waals surface area contributed by atoms with Crippen molar-refractivity contribution >= 4 is 11.8 Å². The quantitative estimate of drug-likeness (QED) is 0.603. The Bertz CT molecular complexity index is 474. The second kappa shape index (κ2) is 6.61. The molecule has 1 atom stereocenters. The van der Waals surface area contributed by atoms with Gasteiger partial charge in [-0.1, -0.05) is 0 Å². The van der Waals surface area contributed by atoms with Gasteiger partial charge in [0.1, 0.15) is 5.41 Å². The molecule has 108 valence electrons. The maximum Gasteiger partial charge on any atom is 0.322 e. The van der Waals surface area contributed by atoms with Crippen LogP contribution in [0.3, 0.4) is 0 Å². The lowest BCUT2D eigenvalue weighted by atomic mass is 9.76.